The lowest BCUT2D eigenvalue weighted by molar-refractivity contribution is 0.0162. The van der Waals surface area contributed by atoms with E-state index >= 15 is 0 Å². The first-order chi connectivity index (χ1) is 14.3. The van der Waals surface area contributed by atoms with Crippen molar-refractivity contribution in [1.82, 2.24) is 14.9 Å². The molecule has 4 rings (SSSR count). The van der Waals surface area contributed by atoms with Gasteiger partial charge in [0, 0.05) is 31.0 Å². The Morgan fingerprint density at radius 2 is 2.10 bits per heavy atom. The molecule has 0 saturated carbocycles. The molecule has 8 heteroatoms. The van der Waals surface area contributed by atoms with Gasteiger partial charge in [0.05, 0.1) is 42.6 Å². The Labute approximate surface area is 176 Å². The summed E-state index contributed by atoms with van der Waals surface area (Å²) in [7, 11) is 0. The Kier molecular flexibility index (Phi) is 5.31. The molecule has 2 aromatic rings. The number of hydrogen-bond acceptors (Lipinski definition) is 7. The zero-order valence-electron chi connectivity index (χ0n) is 17.4. The number of anilines is 1. The predicted octanol–water partition coefficient (Wildman–Crippen LogP) is 2.84. The number of ether oxygens (including phenoxy) is 2. The third-order valence-corrected chi connectivity index (χ3v) is 5.18. The van der Waals surface area contributed by atoms with Crippen LogP contribution in [-0.4, -0.2) is 64.9 Å². The number of likely N-dealkylation sites (tertiary alicyclic amines) is 1. The van der Waals surface area contributed by atoms with E-state index < -0.39 is 5.60 Å². The largest absolute Gasteiger partial charge is 0.444 e. The third-order valence-electron chi connectivity index (χ3n) is 5.18. The van der Waals surface area contributed by atoms with Crippen LogP contribution in [0.2, 0.25) is 0 Å². The highest BCUT2D eigenvalue weighted by Crippen LogP contribution is 2.29. The molecule has 2 atom stereocenters. The van der Waals surface area contributed by atoms with Crippen molar-refractivity contribution < 1.29 is 14.3 Å². The average Bonchev–Trinajstić information content (AvgIpc) is 3.17. The molecular formula is C22H25N5O3. The molecule has 0 aromatic carbocycles. The SMILES string of the molecule is CC(C)(C)OC(=O)N1C[C@H]2OCCN(c3ccc(-c4cc(C#N)ccn4)cn3)[C@H]2C1. The van der Waals surface area contributed by atoms with E-state index in [-0.39, 0.29) is 18.2 Å². The second-order valence-electron chi connectivity index (χ2n) is 8.50. The Balaban J connectivity index is 1.50. The highest BCUT2D eigenvalue weighted by molar-refractivity contribution is 5.69. The van der Waals surface area contributed by atoms with Crippen molar-refractivity contribution in [2.75, 3.05) is 31.1 Å². The minimum Gasteiger partial charge on any atom is -0.444 e. The number of fused-ring (bicyclic) bond motifs is 1. The maximum Gasteiger partial charge on any atom is 0.410 e. The Bertz CT molecular complexity index is 964. The monoisotopic (exact) mass is 407 g/mol. The van der Waals surface area contributed by atoms with Gasteiger partial charge in [0.2, 0.25) is 0 Å². The van der Waals surface area contributed by atoms with Crippen molar-refractivity contribution >= 4 is 11.9 Å². The molecule has 0 spiro atoms. The molecule has 0 unspecified atom stereocenters. The van der Waals surface area contributed by atoms with E-state index in [1.165, 1.54) is 0 Å². The number of carbonyl (C=O) groups is 1. The second-order valence-corrected chi connectivity index (χ2v) is 8.50. The molecule has 2 saturated heterocycles. The highest BCUT2D eigenvalue weighted by atomic mass is 16.6. The fraction of sp³-hybridized carbons (Fsp3) is 0.455. The maximum absolute atomic E-state index is 12.5. The van der Waals surface area contributed by atoms with Crippen molar-refractivity contribution in [1.29, 1.82) is 5.26 Å². The van der Waals surface area contributed by atoms with E-state index in [2.05, 4.69) is 20.9 Å². The summed E-state index contributed by atoms with van der Waals surface area (Å²) in [4.78, 5) is 25.4. The number of nitrogens with zero attached hydrogens (tertiary/aromatic N) is 5. The molecule has 2 aliphatic rings. The van der Waals surface area contributed by atoms with Gasteiger partial charge in [-0.25, -0.2) is 9.78 Å². The Morgan fingerprint density at radius 1 is 1.27 bits per heavy atom. The summed E-state index contributed by atoms with van der Waals surface area (Å²) >= 11 is 0. The van der Waals surface area contributed by atoms with Crippen LogP contribution >= 0.6 is 0 Å². The van der Waals surface area contributed by atoms with Crippen LogP contribution in [0, 0.1) is 11.3 Å². The molecule has 0 radical (unpaired) electrons. The standard InChI is InChI=1S/C22H25N5O3/c1-22(2,3)30-21(28)26-13-18-19(14-26)29-9-8-27(18)20-5-4-16(12-25-20)17-10-15(11-23)6-7-24-17/h4-7,10,12,18-19H,8-9,13-14H2,1-3H3/t18-,19+/m0/s1. The summed E-state index contributed by atoms with van der Waals surface area (Å²) in [6, 6.07) is 9.49. The summed E-state index contributed by atoms with van der Waals surface area (Å²) in [6.07, 6.45) is 3.01. The van der Waals surface area contributed by atoms with Crippen LogP contribution in [0.15, 0.2) is 36.7 Å². The number of aromatic nitrogens is 2. The van der Waals surface area contributed by atoms with Gasteiger partial charge in [0.1, 0.15) is 11.4 Å². The lowest BCUT2D eigenvalue weighted by Gasteiger charge is -2.37. The fourth-order valence-electron chi connectivity index (χ4n) is 3.81. The smallest absolute Gasteiger partial charge is 0.410 e. The Morgan fingerprint density at radius 3 is 2.80 bits per heavy atom. The summed E-state index contributed by atoms with van der Waals surface area (Å²) in [5.74, 6) is 0.833. The summed E-state index contributed by atoms with van der Waals surface area (Å²) in [5.41, 5.74) is 1.60. The predicted molar refractivity (Wildman–Crippen MR) is 111 cm³/mol. The lowest BCUT2D eigenvalue weighted by Crippen LogP contribution is -2.51. The van der Waals surface area contributed by atoms with Gasteiger partial charge in [-0.15, -0.1) is 0 Å². The van der Waals surface area contributed by atoms with E-state index in [0.717, 1.165) is 11.4 Å². The van der Waals surface area contributed by atoms with E-state index in [1.54, 1.807) is 29.4 Å². The van der Waals surface area contributed by atoms with Gasteiger partial charge in [-0.3, -0.25) is 4.98 Å². The number of rotatable bonds is 2. The quantitative estimate of drug-likeness (QED) is 0.756. The van der Waals surface area contributed by atoms with E-state index in [0.29, 0.717) is 37.5 Å². The van der Waals surface area contributed by atoms with Gasteiger partial charge in [0.25, 0.3) is 0 Å². The fourth-order valence-corrected chi connectivity index (χ4v) is 3.81. The highest BCUT2D eigenvalue weighted by Gasteiger charge is 2.43. The van der Waals surface area contributed by atoms with Crippen LogP contribution < -0.4 is 4.90 Å². The first kappa shape index (κ1) is 20.1. The molecule has 2 fully saturated rings. The van der Waals surface area contributed by atoms with Crippen molar-refractivity contribution in [3.63, 3.8) is 0 Å². The zero-order valence-corrected chi connectivity index (χ0v) is 17.4. The number of nitriles is 1. The normalized spacial score (nSPS) is 21.1. The molecule has 1 amide bonds. The van der Waals surface area contributed by atoms with Crippen molar-refractivity contribution in [2.45, 2.75) is 38.5 Å². The minimum absolute atomic E-state index is 0.0321. The van der Waals surface area contributed by atoms with E-state index in [4.69, 9.17) is 14.7 Å². The molecule has 2 aromatic heterocycles. The summed E-state index contributed by atoms with van der Waals surface area (Å²) < 4.78 is 11.4. The van der Waals surface area contributed by atoms with Gasteiger partial charge in [-0.05, 0) is 45.0 Å². The summed E-state index contributed by atoms with van der Waals surface area (Å²) in [6.45, 7) is 7.93. The molecule has 0 N–H and O–H groups in total. The number of morpholine rings is 1. The average molecular weight is 407 g/mol. The topological polar surface area (TPSA) is 91.6 Å². The Hall–Kier alpha value is -3.18. The van der Waals surface area contributed by atoms with Crippen molar-refractivity contribution in [3.8, 4) is 17.3 Å². The van der Waals surface area contributed by atoms with E-state index in [1.807, 2.05) is 32.9 Å². The van der Waals surface area contributed by atoms with Gasteiger partial charge in [0.15, 0.2) is 0 Å². The van der Waals surface area contributed by atoms with Gasteiger partial charge in [-0.2, -0.15) is 5.26 Å². The number of carbonyl (C=O) groups excluding carboxylic acids is 1. The van der Waals surface area contributed by atoms with Crippen LogP contribution in [0.1, 0.15) is 26.3 Å². The third kappa shape index (κ3) is 4.21. The minimum atomic E-state index is -0.528. The second kappa shape index (κ2) is 7.92. The van der Waals surface area contributed by atoms with Crippen LogP contribution in [0.5, 0.6) is 0 Å². The van der Waals surface area contributed by atoms with Crippen LogP contribution in [0.4, 0.5) is 10.6 Å². The molecule has 30 heavy (non-hydrogen) atoms. The number of amides is 1. The van der Waals surface area contributed by atoms with Gasteiger partial charge < -0.3 is 19.3 Å². The van der Waals surface area contributed by atoms with Crippen molar-refractivity contribution in [2.24, 2.45) is 0 Å². The molecule has 0 aliphatic carbocycles. The van der Waals surface area contributed by atoms with E-state index in [9.17, 15) is 4.79 Å². The zero-order chi connectivity index (χ0) is 21.3. The number of hydrogen-bond donors (Lipinski definition) is 0. The molecule has 156 valence electrons. The van der Waals surface area contributed by atoms with Crippen molar-refractivity contribution in [3.05, 3.63) is 42.2 Å². The molecule has 4 heterocycles. The molecule has 8 nitrogen and oxygen atoms in total. The van der Waals surface area contributed by atoms with Gasteiger partial charge >= 0.3 is 6.09 Å². The van der Waals surface area contributed by atoms with Crippen LogP contribution in [0.3, 0.4) is 0 Å². The first-order valence-electron chi connectivity index (χ1n) is 10.0. The number of pyridine rings is 2. The maximum atomic E-state index is 12.5. The van der Waals surface area contributed by atoms with Gasteiger partial charge in [-0.1, -0.05) is 0 Å². The molecular weight excluding hydrogens is 382 g/mol. The van der Waals surface area contributed by atoms with Crippen LogP contribution in [-0.2, 0) is 9.47 Å². The van der Waals surface area contributed by atoms with Crippen LogP contribution in [0.25, 0.3) is 11.3 Å². The summed E-state index contributed by atoms with van der Waals surface area (Å²) in [5, 5.41) is 9.08. The lowest BCUT2D eigenvalue weighted by atomic mass is 10.1. The molecule has 0 bridgehead atoms. The molecule has 2 aliphatic heterocycles. The first-order valence-corrected chi connectivity index (χ1v) is 10.0.